The zero-order valence-corrected chi connectivity index (χ0v) is 21.9. The van der Waals surface area contributed by atoms with Crippen molar-refractivity contribution in [1.29, 1.82) is 0 Å². The third kappa shape index (κ3) is 4.57. The van der Waals surface area contributed by atoms with Gasteiger partial charge in [0.15, 0.2) is 0 Å². The molecule has 0 N–H and O–H groups in total. The predicted molar refractivity (Wildman–Crippen MR) is 132 cm³/mol. The van der Waals surface area contributed by atoms with Crippen molar-refractivity contribution in [3.8, 4) is 0 Å². The zero-order valence-electron chi connectivity index (χ0n) is 20.3. The molecule has 3 aliphatic rings. The van der Waals surface area contributed by atoms with Crippen LogP contribution in [0.4, 0.5) is 0 Å². The molecule has 3 heterocycles. The van der Waals surface area contributed by atoms with Gasteiger partial charge in [-0.2, -0.15) is 0 Å². The predicted octanol–water partition coefficient (Wildman–Crippen LogP) is 2.22. The molecular weight excluding hydrogens is 417 g/mol. The van der Waals surface area contributed by atoms with E-state index >= 15 is 0 Å². The molecular formula is C21H47ClN7P. The third-order valence-corrected chi connectivity index (χ3v) is 15.7. The number of unbranched alkanes of at least 4 members (excludes halogenated alkanes) is 1. The van der Waals surface area contributed by atoms with E-state index in [1.807, 2.05) is 0 Å². The maximum atomic E-state index is 8.46. The van der Waals surface area contributed by atoms with Gasteiger partial charge in [0.05, 0.1) is 0 Å². The van der Waals surface area contributed by atoms with Gasteiger partial charge in [-0.3, -0.25) is 0 Å². The Labute approximate surface area is 190 Å². The van der Waals surface area contributed by atoms with Gasteiger partial charge in [0.25, 0.3) is 0 Å². The first-order chi connectivity index (χ1) is 14.3. The summed E-state index contributed by atoms with van der Waals surface area (Å²) in [5.74, 6) is 0. The quantitative estimate of drug-likeness (QED) is 0.508. The van der Waals surface area contributed by atoms with Crippen molar-refractivity contribution in [1.82, 2.24) is 33.4 Å². The van der Waals surface area contributed by atoms with E-state index < -0.39 is 6.56 Å². The third-order valence-electron chi connectivity index (χ3n) is 7.52. The van der Waals surface area contributed by atoms with Crippen LogP contribution in [0.2, 0.25) is 0 Å². The molecule has 0 aliphatic carbocycles. The van der Waals surface area contributed by atoms with Gasteiger partial charge in [0.1, 0.15) is 0 Å². The van der Waals surface area contributed by atoms with E-state index in [0.717, 1.165) is 91.6 Å². The maximum absolute atomic E-state index is 8.46. The van der Waals surface area contributed by atoms with Crippen LogP contribution in [0, 0.1) is 0 Å². The molecule has 0 aromatic rings. The van der Waals surface area contributed by atoms with Gasteiger partial charge in [-0.1, -0.05) is 0 Å². The number of hydrogen-bond donors (Lipinski definition) is 0. The van der Waals surface area contributed by atoms with Crippen molar-refractivity contribution < 1.29 is 0 Å². The molecule has 0 unspecified atom stereocenters. The number of hydrogen-bond acceptors (Lipinski definition) is 7. The van der Waals surface area contributed by atoms with Gasteiger partial charge in [0.2, 0.25) is 0 Å². The molecule has 3 saturated heterocycles. The van der Waals surface area contributed by atoms with E-state index in [-0.39, 0.29) is 0 Å². The van der Waals surface area contributed by atoms with E-state index in [4.69, 9.17) is 11.2 Å². The Morgan fingerprint density at radius 3 is 1.23 bits per heavy atom. The molecule has 0 aromatic carbocycles. The molecule has 3 aliphatic heterocycles. The van der Waals surface area contributed by atoms with Crippen molar-refractivity contribution in [2.45, 2.75) is 26.7 Å². The first-order valence-electron chi connectivity index (χ1n) is 12.2. The summed E-state index contributed by atoms with van der Waals surface area (Å²) >= 11 is 8.46. The first kappa shape index (κ1) is 25.1. The molecule has 3 rings (SSSR count). The average molecular weight is 464 g/mol. The molecule has 0 atom stereocenters. The molecule has 0 saturated carbocycles. The second-order valence-corrected chi connectivity index (χ2v) is 15.3. The summed E-state index contributed by atoms with van der Waals surface area (Å²) in [6.45, 7) is 16.7. The van der Waals surface area contributed by atoms with E-state index in [1.165, 1.54) is 12.8 Å². The van der Waals surface area contributed by atoms with Gasteiger partial charge in [0, 0.05) is 0 Å². The van der Waals surface area contributed by atoms with Crippen molar-refractivity contribution in [3.05, 3.63) is 0 Å². The van der Waals surface area contributed by atoms with Crippen LogP contribution in [-0.2, 0) is 0 Å². The van der Waals surface area contributed by atoms with Crippen molar-refractivity contribution in [2.75, 3.05) is 113 Å². The number of halogens is 1. The molecule has 9 heteroatoms. The second-order valence-electron chi connectivity index (χ2n) is 9.51. The van der Waals surface area contributed by atoms with Crippen LogP contribution in [-0.4, -0.2) is 146 Å². The standard InChI is InChI=1S/C21H47ClN7P/c1-6-8-9-26(7-2)30(22,27-16-10-23(3)11-17-27,28-18-12-24(4)13-19-28)29-20-14-25(5)15-21-29/h6-21H2,1-5H3. The molecule has 30 heavy (non-hydrogen) atoms. The van der Waals surface area contributed by atoms with Crippen LogP contribution in [0.3, 0.4) is 0 Å². The minimum atomic E-state index is -3.14. The van der Waals surface area contributed by atoms with Crippen LogP contribution < -0.4 is 0 Å². The Balaban J connectivity index is 2.08. The summed E-state index contributed by atoms with van der Waals surface area (Å²) in [7, 11) is 6.75. The summed E-state index contributed by atoms with van der Waals surface area (Å²) in [4.78, 5) is 7.39. The summed E-state index contributed by atoms with van der Waals surface area (Å²) in [6, 6.07) is 0. The van der Waals surface area contributed by atoms with Gasteiger partial charge in [-0.15, -0.1) is 0 Å². The van der Waals surface area contributed by atoms with E-state index in [0.29, 0.717) is 0 Å². The van der Waals surface area contributed by atoms with E-state index in [1.54, 1.807) is 0 Å². The van der Waals surface area contributed by atoms with Crippen LogP contribution in [0.25, 0.3) is 0 Å². The van der Waals surface area contributed by atoms with Crippen molar-refractivity contribution in [3.63, 3.8) is 0 Å². The minimum absolute atomic E-state index is 1.02. The van der Waals surface area contributed by atoms with E-state index in [9.17, 15) is 0 Å². The average Bonchev–Trinajstić information content (AvgIpc) is 2.75. The number of likely N-dealkylation sites (N-methyl/N-ethyl adjacent to an activating group) is 3. The fraction of sp³-hybridized carbons (Fsp3) is 1.00. The Morgan fingerprint density at radius 1 is 0.633 bits per heavy atom. The monoisotopic (exact) mass is 463 g/mol. The fourth-order valence-corrected chi connectivity index (χ4v) is 13.0. The van der Waals surface area contributed by atoms with Crippen LogP contribution in [0.5, 0.6) is 0 Å². The van der Waals surface area contributed by atoms with Gasteiger partial charge >= 0.3 is 191 Å². The summed E-state index contributed by atoms with van der Waals surface area (Å²) in [6.07, 6.45) is 2.43. The van der Waals surface area contributed by atoms with Crippen LogP contribution >= 0.6 is 17.8 Å². The van der Waals surface area contributed by atoms with E-state index in [2.05, 4.69) is 68.4 Å². The Bertz CT molecular complexity index is 458. The fourth-order valence-electron chi connectivity index (χ4n) is 5.41. The van der Waals surface area contributed by atoms with Gasteiger partial charge in [-0.05, 0) is 0 Å². The molecule has 0 spiro atoms. The molecule has 3 fully saturated rings. The number of piperazine rings is 3. The van der Waals surface area contributed by atoms with Gasteiger partial charge < -0.3 is 0 Å². The van der Waals surface area contributed by atoms with Crippen molar-refractivity contribution in [2.24, 2.45) is 0 Å². The molecule has 178 valence electrons. The molecule has 0 amide bonds. The normalized spacial score (nSPS) is 26.8. The summed E-state index contributed by atoms with van der Waals surface area (Å²) in [5, 5.41) is 0. The molecule has 0 aromatic heterocycles. The zero-order chi connectivity index (χ0) is 21.8. The van der Waals surface area contributed by atoms with Crippen molar-refractivity contribution >= 4 is 17.8 Å². The Morgan fingerprint density at radius 2 is 0.967 bits per heavy atom. The van der Waals surface area contributed by atoms with Crippen LogP contribution in [0.1, 0.15) is 26.7 Å². The SMILES string of the molecule is CCCCN(CC)P(Cl)(N1CCN(C)CC1)(N1CCN(C)CC1)N1CCN(C)CC1. The molecule has 0 bridgehead atoms. The molecule has 7 nitrogen and oxygen atoms in total. The van der Waals surface area contributed by atoms with Gasteiger partial charge in [-0.25, -0.2) is 0 Å². The number of rotatable bonds is 8. The Hall–Kier alpha value is 0.440. The van der Waals surface area contributed by atoms with Crippen LogP contribution in [0.15, 0.2) is 0 Å². The first-order valence-corrected chi connectivity index (χ1v) is 15.1. The summed E-state index contributed by atoms with van der Waals surface area (Å²) in [5.41, 5.74) is 0. The molecule has 0 radical (unpaired) electrons. The topological polar surface area (TPSA) is 22.7 Å². The second kappa shape index (κ2) is 10.6. The summed E-state index contributed by atoms with van der Waals surface area (Å²) < 4.78 is 11.0. The number of nitrogens with zero attached hydrogens (tertiary/aromatic N) is 7. The Kier molecular flexibility index (Phi) is 8.84.